The summed E-state index contributed by atoms with van der Waals surface area (Å²) in [7, 11) is 1.74. The molecular weight excluding hydrogens is 180 g/mol. The minimum absolute atomic E-state index is 0.171. The number of Topliss-reactive ketones (excluding diaryl/α,β-unsaturated/α-hetero) is 1. The summed E-state index contributed by atoms with van der Waals surface area (Å²) in [5.74, 6) is 1.69. The van der Waals surface area contributed by atoms with Gasteiger partial charge in [0.2, 0.25) is 0 Å². The molecule has 0 N–H and O–H groups in total. The van der Waals surface area contributed by atoms with Crippen LogP contribution in [0.4, 0.5) is 0 Å². The van der Waals surface area contributed by atoms with Gasteiger partial charge in [0.1, 0.15) is 5.78 Å². The molecule has 2 atom stereocenters. The highest BCUT2D eigenvalue weighted by Gasteiger charge is 2.30. The zero-order chi connectivity index (χ0) is 10.1. The number of carbonyl (C=O) groups excluding carboxylic acids is 1. The van der Waals surface area contributed by atoms with Crippen LogP contribution in [0, 0.1) is 5.92 Å². The van der Waals surface area contributed by atoms with Gasteiger partial charge in [0.15, 0.2) is 5.82 Å². The van der Waals surface area contributed by atoms with Gasteiger partial charge in [-0.15, -0.1) is 10.2 Å². The summed E-state index contributed by atoms with van der Waals surface area (Å²) in [6.07, 6.45) is 2.23. The summed E-state index contributed by atoms with van der Waals surface area (Å²) in [4.78, 5) is 12.8. The normalized spacial score (nSPS) is 28.0. The van der Waals surface area contributed by atoms with E-state index >= 15 is 0 Å². The summed E-state index contributed by atoms with van der Waals surface area (Å²) < 4.78 is 0. The highest BCUT2D eigenvalue weighted by atomic mass is 16.1. The molecule has 1 saturated carbocycles. The SMILES string of the molecule is CC1CCC(=O)CC1c1nnn(C)n1. The molecule has 0 aromatic carbocycles. The van der Waals surface area contributed by atoms with E-state index in [0.29, 0.717) is 30.4 Å². The maximum absolute atomic E-state index is 11.3. The number of carbonyl (C=O) groups is 1. The Morgan fingerprint density at radius 3 is 2.93 bits per heavy atom. The van der Waals surface area contributed by atoms with Crippen LogP contribution in [0.2, 0.25) is 0 Å². The van der Waals surface area contributed by atoms with Crippen molar-refractivity contribution < 1.29 is 4.79 Å². The van der Waals surface area contributed by atoms with E-state index < -0.39 is 0 Å². The van der Waals surface area contributed by atoms with E-state index in [4.69, 9.17) is 0 Å². The molecule has 1 fully saturated rings. The molecule has 76 valence electrons. The minimum Gasteiger partial charge on any atom is -0.300 e. The molecule has 0 spiro atoms. The Hall–Kier alpha value is -1.26. The van der Waals surface area contributed by atoms with Crippen molar-refractivity contribution in [3.8, 4) is 0 Å². The van der Waals surface area contributed by atoms with Gasteiger partial charge in [0.25, 0.3) is 0 Å². The van der Waals surface area contributed by atoms with Crippen LogP contribution in [0.25, 0.3) is 0 Å². The van der Waals surface area contributed by atoms with Crippen molar-refractivity contribution >= 4 is 5.78 Å². The molecule has 2 rings (SSSR count). The van der Waals surface area contributed by atoms with Crippen molar-refractivity contribution in [2.45, 2.75) is 32.1 Å². The number of hydrogen-bond acceptors (Lipinski definition) is 4. The largest absolute Gasteiger partial charge is 0.300 e. The first-order valence-corrected chi connectivity index (χ1v) is 4.92. The Morgan fingerprint density at radius 1 is 1.50 bits per heavy atom. The standard InChI is InChI=1S/C9H14N4O/c1-6-3-4-7(14)5-8(6)9-10-12-13(2)11-9/h6,8H,3-5H2,1-2H3. The second kappa shape index (κ2) is 3.48. The minimum atomic E-state index is 0.171. The number of tetrazole rings is 1. The topological polar surface area (TPSA) is 60.7 Å². The molecule has 0 aliphatic heterocycles. The zero-order valence-corrected chi connectivity index (χ0v) is 8.47. The molecular formula is C9H14N4O. The molecule has 14 heavy (non-hydrogen) atoms. The molecule has 5 nitrogen and oxygen atoms in total. The van der Waals surface area contributed by atoms with Crippen molar-refractivity contribution in [3.05, 3.63) is 5.82 Å². The van der Waals surface area contributed by atoms with E-state index in [-0.39, 0.29) is 5.92 Å². The summed E-state index contributed by atoms with van der Waals surface area (Å²) >= 11 is 0. The Kier molecular flexibility index (Phi) is 2.31. The van der Waals surface area contributed by atoms with E-state index in [0.717, 1.165) is 6.42 Å². The van der Waals surface area contributed by atoms with E-state index in [9.17, 15) is 4.79 Å². The number of rotatable bonds is 1. The van der Waals surface area contributed by atoms with Gasteiger partial charge in [-0.1, -0.05) is 6.92 Å². The summed E-state index contributed by atoms with van der Waals surface area (Å²) in [6, 6.07) is 0. The molecule has 1 aliphatic rings. The van der Waals surface area contributed by atoms with Gasteiger partial charge >= 0.3 is 0 Å². The summed E-state index contributed by atoms with van der Waals surface area (Å²) in [5.41, 5.74) is 0. The second-order valence-electron chi connectivity index (χ2n) is 4.00. The van der Waals surface area contributed by atoms with Crippen molar-refractivity contribution in [3.63, 3.8) is 0 Å². The lowest BCUT2D eigenvalue weighted by atomic mass is 9.79. The quantitative estimate of drug-likeness (QED) is 0.659. The third-order valence-corrected chi connectivity index (χ3v) is 2.87. The van der Waals surface area contributed by atoms with Crippen molar-refractivity contribution in [1.82, 2.24) is 20.2 Å². The van der Waals surface area contributed by atoms with Crippen LogP contribution in [0.3, 0.4) is 0 Å². The molecule has 0 amide bonds. The Bertz CT molecular complexity index is 346. The third kappa shape index (κ3) is 1.66. The van der Waals surface area contributed by atoms with Crippen LogP contribution < -0.4 is 0 Å². The van der Waals surface area contributed by atoms with E-state index in [1.54, 1.807) is 7.05 Å². The number of ketones is 1. The van der Waals surface area contributed by atoms with Crippen LogP contribution >= 0.6 is 0 Å². The molecule has 0 radical (unpaired) electrons. The molecule has 0 bridgehead atoms. The maximum atomic E-state index is 11.3. The molecule has 1 heterocycles. The van der Waals surface area contributed by atoms with Crippen LogP contribution in [-0.2, 0) is 11.8 Å². The average Bonchev–Trinajstić information content (AvgIpc) is 2.56. The van der Waals surface area contributed by atoms with Gasteiger partial charge in [0, 0.05) is 18.8 Å². The first kappa shape index (κ1) is 9.30. The maximum Gasteiger partial charge on any atom is 0.178 e. The van der Waals surface area contributed by atoms with Crippen LogP contribution in [0.5, 0.6) is 0 Å². The molecule has 2 unspecified atom stereocenters. The summed E-state index contributed by atoms with van der Waals surface area (Å²) in [6.45, 7) is 2.15. The second-order valence-corrected chi connectivity index (χ2v) is 4.00. The highest BCUT2D eigenvalue weighted by molar-refractivity contribution is 5.80. The monoisotopic (exact) mass is 194 g/mol. The van der Waals surface area contributed by atoms with Gasteiger partial charge in [-0.3, -0.25) is 4.79 Å². The van der Waals surface area contributed by atoms with Gasteiger partial charge in [0.05, 0.1) is 7.05 Å². The van der Waals surface area contributed by atoms with Crippen molar-refractivity contribution in [2.75, 3.05) is 0 Å². The zero-order valence-electron chi connectivity index (χ0n) is 8.47. The fraction of sp³-hybridized carbons (Fsp3) is 0.778. The molecule has 1 aromatic rings. The van der Waals surface area contributed by atoms with Crippen LogP contribution in [0.1, 0.15) is 37.9 Å². The van der Waals surface area contributed by atoms with E-state index in [2.05, 4.69) is 22.3 Å². The average molecular weight is 194 g/mol. The van der Waals surface area contributed by atoms with Crippen molar-refractivity contribution in [2.24, 2.45) is 13.0 Å². The molecule has 0 saturated heterocycles. The van der Waals surface area contributed by atoms with Gasteiger partial charge in [-0.25, -0.2) is 0 Å². The molecule has 5 heteroatoms. The lowest BCUT2D eigenvalue weighted by Gasteiger charge is -2.24. The first-order chi connectivity index (χ1) is 6.66. The smallest absolute Gasteiger partial charge is 0.178 e. The van der Waals surface area contributed by atoms with E-state index in [1.807, 2.05) is 0 Å². The van der Waals surface area contributed by atoms with Crippen molar-refractivity contribution in [1.29, 1.82) is 0 Å². The van der Waals surface area contributed by atoms with Gasteiger partial charge in [-0.2, -0.15) is 4.80 Å². The summed E-state index contributed by atoms with van der Waals surface area (Å²) in [5, 5.41) is 11.9. The lowest BCUT2D eigenvalue weighted by Crippen LogP contribution is -2.22. The number of aryl methyl sites for hydroxylation is 1. The predicted molar refractivity (Wildman–Crippen MR) is 49.6 cm³/mol. The van der Waals surface area contributed by atoms with E-state index in [1.165, 1.54) is 4.80 Å². The molecule has 1 aliphatic carbocycles. The Morgan fingerprint density at radius 2 is 2.29 bits per heavy atom. The van der Waals surface area contributed by atoms with Gasteiger partial charge < -0.3 is 0 Å². The van der Waals surface area contributed by atoms with Crippen LogP contribution in [0.15, 0.2) is 0 Å². The Labute approximate surface area is 82.5 Å². The Balaban J connectivity index is 2.19. The number of aromatic nitrogens is 4. The number of hydrogen-bond donors (Lipinski definition) is 0. The fourth-order valence-electron chi connectivity index (χ4n) is 1.93. The lowest BCUT2D eigenvalue weighted by molar-refractivity contribution is -0.121. The third-order valence-electron chi connectivity index (χ3n) is 2.87. The highest BCUT2D eigenvalue weighted by Crippen LogP contribution is 2.33. The first-order valence-electron chi connectivity index (χ1n) is 4.92. The number of nitrogens with zero attached hydrogens (tertiary/aromatic N) is 4. The van der Waals surface area contributed by atoms with Crippen LogP contribution in [-0.4, -0.2) is 26.0 Å². The predicted octanol–water partition coefficient (Wildman–Crippen LogP) is 0.683. The fourth-order valence-corrected chi connectivity index (χ4v) is 1.93. The van der Waals surface area contributed by atoms with Gasteiger partial charge in [-0.05, 0) is 17.6 Å². The molecule has 1 aromatic heterocycles.